The van der Waals surface area contributed by atoms with Crippen LogP contribution in [0.25, 0.3) is 0 Å². The molecule has 0 aliphatic carbocycles. The van der Waals surface area contributed by atoms with E-state index in [0.717, 1.165) is 0 Å². The van der Waals surface area contributed by atoms with Gasteiger partial charge in [0.1, 0.15) is 5.79 Å². The first-order valence-corrected chi connectivity index (χ1v) is 3.67. The smallest absolute Gasteiger partial charge is 0.282 e. The molecule has 0 bridgehead atoms. The van der Waals surface area contributed by atoms with Crippen LogP contribution in [0, 0.1) is 9.81 Å². The van der Waals surface area contributed by atoms with Crippen molar-refractivity contribution in [3.63, 3.8) is 0 Å². The molecule has 0 amide bonds. The van der Waals surface area contributed by atoms with E-state index in [4.69, 9.17) is 22.9 Å². The number of hydrogen-bond acceptors (Lipinski definition) is 8. The first-order chi connectivity index (χ1) is 5.83. The molecular weight excluding hydrogens is 176 g/mol. The van der Waals surface area contributed by atoms with Crippen molar-refractivity contribution in [2.24, 2.45) is 33.3 Å². The predicted octanol–water partition coefficient (Wildman–Crippen LogP) is -1.17. The van der Waals surface area contributed by atoms with Crippen molar-refractivity contribution in [1.82, 2.24) is 0 Å². The number of hydrogen-bond donors (Lipinski definition) is 4. The van der Waals surface area contributed by atoms with E-state index in [1.165, 1.54) is 0 Å². The van der Waals surface area contributed by atoms with Crippen molar-refractivity contribution in [1.29, 1.82) is 0 Å². The molecule has 0 aromatic rings. The van der Waals surface area contributed by atoms with Crippen LogP contribution in [0.3, 0.4) is 0 Å². The SMILES string of the molecule is NC(N)(N)CCCC(N)(N=O)N=O. The van der Waals surface area contributed by atoms with Gasteiger partial charge in [-0.25, -0.2) is 0 Å². The summed E-state index contributed by atoms with van der Waals surface area (Å²) in [4.78, 5) is 20.1. The second-order valence-corrected chi connectivity index (χ2v) is 3.03. The first kappa shape index (κ1) is 12.0. The highest BCUT2D eigenvalue weighted by Crippen LogP contribution is 2.14. The van der Waals surface area contributed by atoms with Gasteiger partial charge in [0.25, 0.3) is 5.79 Å². The van der Waals surface area contributed by atoms with Crippen LogP contribution < -0.4 is 22.9 Å². The molecule has 0 aromatic heterocycles. The molecule has 13 heavy (non-hydrogen) atoms. The Labute approximate surface area is 74.9 Å². The van der Waals surface area contributed by atoms with Crippen LogP contribution in [0.1, 0.15) is 19.3 Å². The molecule has 8 N–H and O–H groups in total. The molecule has 8 nitrogen and oxygen atoms in total. The zero-order chi connectivity index (χ0) is 10.5. The largest absolute Gasteiger partial charge is 0.301 e. The van der Waals surface area contributed by atoms with Crippen molar-refractivity contribution in [3.8, 4) is 0 Å². The van der Waals surface area contributed by atoms with Gasteiger partial charge >= 0.3 is 0 Å². The molecule has 0 saturated carbocycles. The molecule has 76 valence electrons. The Hall–Kier alpha value is -0.960. The summed E-state index contributed by atoms with van der Waals surface area (Å²) in [5, 5.41) is 4.77. The summed E-state index contributed by atoms with van der Waals surface area (Å²) in [6, 6.07) is 0. The normalized spacial score (nSPS) is 12.6. The minimum absolute atomic E-state index is 0.0205. The molecule has 0 unspecified atom stereocenters. The minimum atomic E-state index is -1.93. The van der Waals surface area contributed by atoms with E-state index in [9.17, 15) is 9.81 Å². The van der Waals surface area contributed by atoms with Gasteiger partial charge in [0.2, 0.25) is 0 Å². The standard InChI is InChI=1S/C5H14N6O2/c6-4(7,8)2-1-3-5(9,10-12)11-13/h1-3,6-9H2. The fourth-order valence-electron chi connectivity index (χ4n) is 0.763. The van der Waals surface area contributed by atoms with E-state index in [0.29, 0.717) is 6.42 Å². The maximum absolute atomic E-state index is 10.1. The Bertz CT molecular complexity index is 180. The van der Waals surface area contributed by atoms with Crippen molar-refractivity contribution in [2.75, 3.05) is 0 Å². The summed E-state index contributed by atoms with van der Waals surface area (Å²) in [6.07, 6.45) is 0.502. The third-order valence-corrected chi connectivity index (χ3v) is 1.47. The number of nitroso groups, excluding NO2 is 2. The number of nitrogens with zero attached hydrogens (tertiary/aromatic N) is 2. The van der Waals surface area contributed by atoms with E-state index in [2.05, 4.69) is 10.4 Å². The van der Waals surface area contributed by atoms with Crippen molar-refractivity contribution in [3.05, 3.63) is 9.81 Å². The lowest BCUT2D eigenvalue weighted by Crippen LogP contribution is -2.57. The highest BCUT2D eigenvalue weighted by atomic mass is 16.3. The van der Waals surface area contributed by atoms with Gasteiger partial charge in [0, 0.05) is 6.42 Å². The quantitative estimate of drug-likeness (QED) is 0.304. The Morgan fingerprint density at radius 2 is 1.38 bits per heavy atom. The van der Waals surface area contributed by atoms with Crippen LogP contribution in [0.15, 0.2) is 10.4 Å². The van der Waals surface area contributed by atoms with Crippen LogP contribution in [0.4, 0.5) is 0 Å². The Morgan fingerprint density at radius 3 is 1.69 bits per heavy atom. The van der Waals surface area contributed by atoms with Gasteiger partial charge < -0.3 is 17.2 Å². The predicted molar refractivity (Wildman–Crippen MR) is 47.7 cm³/mol. The monoisotopic (exact) mass is 190 g/mol. The maximum atomic E-state index is 10.1. The summed E-state index contributed by atoms with van der Waals surface area (Å²) >= 11 is 0. The molecule has 0 radical (unpaired) electrons. The van der Waals surface area contributed by atoms with Crippen molar-refractivity contribution in [2.45, 2.75) is 30.8 Å². The second kappa shape index (κ2) is 4.33. The average Bonchev–Trinajstić information content (AvgIpc) is 2.02. The van der Waals surface area contributed by atoms with Crippen LogP contribution >= 0.6 is 0 Å². The van der Waals surface area contributed by atoms with E-state index >= 15 is 0 Å². The molecule has 0 aromatic carbocycles. The molecule has 8 heteroatoms. The topological polar surface area (TPSA) is 163 Å². The van der Waals surface area contributed by atoms with Gasteiger partial charge in [-0.3, -0.25) is 5.73 Å². The van der Waals surface area contributed by atoms with Crippen molar-refractivity contribution < 1.29 is 0 Å². The zero-order valence-electron chi connectivity index (χ0n) is 7.14. The van der Waals surface area contributed by atoms with Crippen LogP contribution in [-0.2, 0) is 0 Å². The molecule has 0 atom stereocenters. The summed E-state index contributed by atoms with van der Waals surface area (Å²) in [7, 11) is 0. The van der Waals surface area contributed by atoms with Crippen LogP contribution in [0.2, 0.25) is 0 Å². The van der Waals surface area contributed by atoms with Gasteiger partial charge in [-0.15, -0.1) is 9.81 Å². The van der Waals surface area contributed by atoms with Crippen molar-refractivity contribution >= 4 is 0 Å². The molecule has 0 aliphatic rings. The van der Waals surface area contributed by atoms with Gasteiger partial charge in [0.05, 0.1) is 0 Å². The molecular formula is C5H14N6O2. The van der Waals surface area contributed by atoms with Gasteiger partial charge in [-0.05, 0) is 23.2 Å². The van der Waals surface area contributed by atoms with E-state index in [-0.39, 0.29) is 12.8 Å². The van der Waals surface area contributed by atoms with E-state index in [1.807, 2.05) is 0 Å². The highest BCUT2D eigenvalue weighted by molar-refractivity contribution is 4.79. The third-order valence-electron chi connectivity index (χ3n) is 1.47. The second-order valence-electron chi connectivity index (χ2n) is 3.03. The number of rotatable bonds is 6. The minimum Gasteiger partial charge on any atom is -0.301 e. The Kier molecular flexibility index (Phi) is 4.01. The molecule has 0 aliphatic heterocycles. The van der Waals surface area contributed by atoms with E-state index in [1.54, 1.807) is 0 Å². The summed E-state index contributed by atoms with van der Waals surface area (Å²) in [6.45, 7) is 0. The lowest BCUT2D eigenvalue weighted by molar-refractivity contribution is 0.350. The maximum Gasteiger partial charge on any atom is 0.282 e. The lowest BCUT2D eigenvalue weighted by Gasteiger charge is -2.19. The summed E-state index contributed by atoms with van der Waals surface area (Å²) in [5.74, 6) is -3.25. The van der Waals surface area contributed by atoms with E-state index < -0.39 is 11.6 Å². The lowest BCUT2D eigenvalue weighted by atomic mass is 10.1. The van der Waals surface area contributed by atoms with Gasteiger partial charge in [-0.1, -0.05) is 0 Å². The summed E-state index contributed by atoms with van der Waals surface area (Å²) < 4.78 is 0. The number of nitrogens with two attached hydrogens (primary N) is 4. The first-order valence-electron chi connectivity index (χ1n) is 3.67. The van der Waals surface area contributed by atoms with Crippen LogP contribution in [0.5, 0.6) is 0 Å². The Balaban J connectivity index is 3.88. The zero-order valence-corrected chi connectivity index (χ0v) is 7.14. The average molecular weight is 190 g/mol. The molecule has 0 spiro atoms. The van der Waals surface area contributed by atoms with Crippen LogP contribution in [-0.4, -0.2) is 11.6 Å². The fraction of sp³-hybridized carbons (Fsp3) is 1.00. The third kappa shape index (κ3) is 5.31. The molecule has 0 saturated heterocycles. The summed E-state index contributed by atoms with van der Waals surface area (Å²) in [5.41, 5.74) is 20.9. The molecule has 0 heterocycles. The molecule has 0 fully saturated rings. The molecule has 0 rings (SSSR count). The Morgan fingerprint density at radius 1 is 0.923 bits per heavy atom. The van der Waals surface area contributed by atoms with Gasteiger partial charge in [-0.2, -0.15) is 0 Å². The van der Waals surface area contributed by atoms with Gasteiger partial charge in [0.15, 0.2) is 0 Å². The fourth-order valence-corrected chi connectivity index (χ4v) is 0.763. The highest BCUT2D eigenvalue weighted by Gasteiger charge is 2.27.